The molecular weight excluding hydrogens is 388 g/mol. The Hall–Kier alpha value is -2.74. The van der Waals surface area contributed by atoms with Crippen molar-refractivity contribution in [2.45, 2.75) is 38.3 Å². The molecule has 1 amide bonds. The molecule has 154 valence electrons. The molecule has 0 spiro atoms. The van der Waals surface area contributed by atoms with Crippen LogP contribution in [0.2, 0.25) is 0 Å². The molecule has 3 rings (SSSR count). The van der Waals surface area contributed by atoms with Gasteiger partial charge in [0.1, 0.15) is 11.5 Å². The first-order valence-electron chi connectivity index (χ1n) is 9.25. The van der Waals surface area contributed by atoms with Gasteiger partial charge in [0.15, 0.2) is 11.0 Å². The van der Waals surface area contributed by atoms with Crippen LogP contribution in [-0.2, 0) is 17.3 Å². The molecule has 3 aromatic rings. The Morgan fingerprint density at radius 1 is 1.28 bits per heavy atom. The quantitative estimate of drug-likeness (QED) is 0.601. The van der Waals surface area contributed by atoms with Crippen molar-refractivity contribution in [3.05, 3.63) is 41.9 Å². The fraction of sp³-hybridized carbons (Fsp3) is 0.381. The van der Waals surface area contributed by atoms with Crippen molar-refractivity contribution in [2.75, 3.05) is 18.2 Å². The van der Waals surface area contributed by atoms with Crippen LogP contribution >= 0.6 is 11.8 Å². The number of thioether (sulfide) groups is 1. The highest BCUT2D eigenvalue weighted by Gasteiger charge is 2.18. The highest BCUT2D eigenvalue weighted by molar-refractivity contribution is 7.99. The van der Waals surface area contributed by atoms with Crippen LogP contribution in [0.3, 0.4) is 0 Å². The molecule has 2 heterocycles. The van der Waals surface area contributed by atoms with Crippen molar-refractivity contribution >= 4 is 23.4 Å². The normalized spacial score (nSPS) is 11.5. The zero-order valence-electron chi connectivity index (χ0n) is 17.6. The predicted molar refractivity (Wildman–Crippen MR) is 114 cm³/mol. The predicted octanol–water partition coefficient (Wildman–Crippen LogP) is 4.42. The van der Waals surface area contributed by atoms with Crippen LogP contribution in [0.4, 0.5) is 5.69 Å². The van der Waals surface area contributed by atoms with Crippen molar-refractivity contribution in [3.8, 4) is 17.1 Å². The summed E-state index contributed by atoms with van der Waals surface area (Å²) in [5.41, 5.74) is 2.65. The fourth-order valence-corrected chi connectivity index (χ4v) is 3.59. The molecule has 0 atom stereocenters. The number of rotatable bonds is 6. The third-order valence-corrected chi connectivity index (χ3v) is 5.63. The minimum atomic E-state index is -0.136. The number of aryl methyl sites for hydroxylation is 1. The van der Waals surface area contributed by atoms with Gasteiger partial charge in [0.2, 0.25) is 5.91 Å². The smallest absolute Gasteiger partial charge is 0.234 e. The van der Waals surface area contributed by atoms with Gasteiger partial charge in [-0.3, -0.25) is 4.79 Å². The van der Waals surface area contributed by atoms with Gasteiger partial charge in [0.05, 0.1) is 30.4 Å². The zero-order chi connectivity index (χ0) is 21.2. The van der Waals surface area contributed by atoms with Crippen molar-refractivity contribution in [2.24, 2.45) is 7.05 Å². The molecule has 0 aliphatic rings. The van der Waals surface area contributed by atoms with Gasteiger partial charge in [-0.15, -0.1) is 10.2 Å². The number of carbonyl (C=O) groups excluding carboxylic acids is 1. The van der Waals surface area contributed by atoms with Crippen molar-refractivity contribution in [3.63, 3.8) is 0 Å². The standard InChI is InChI=1S/C21H26N4O3S/c1-13-15(9-10-28-13)19-23-24-20(25(19)5)29-12-18(26)22-16-11-14(21(2,3)4)7-8-17(16)27-6/h7-11H,12H2,1-6H3,(H,22,26). The third-order valence-electron chi connectivity index (χ3n) is 4.61. The molecule has 0 aliphatic heterocycles. The van der Waals surface area contributed by atoms with Gasteiger partial charge in [-0.25, -0.2) is 0 Å². The first-order valence-corrected chi connectivity index (χ1v) is 10.2. The lowest BCUT2D eigenvalue weighted by molar-refractivity contribution is -0.113. The topological polar surface area (TPSA) is 82.2 Å². The number of hydrogen-bond donors (Lipinski definition) is 1. The number of nitrogens with zero attached hydrogens (tertiary/aromatic N) is 3. The summed E-state index contributed by atoms with van der Waals surface area (Å²) in [7, 11) is 3.47. The second-order valence-corrected chi connectivity index (χ2v) is 8.70. The van der Waals surface area contributed by atoms with E-state index in [2.05, 4.69) is 36.3 Å². The van der Waals surface area contributed by atoms with Crippen LogP contribution in [0.25, 0.3) is 11.4 Å². The van der Waals surface area contributed by atoms with E-state index in [1.54, 1.807) is 13.4 Å². The molecular formula is C21H26N4O3S. The van der Waals surface area contributed by atoms with Gasteiger partial charge in [-0.2, -0.15) is 0 Å². The third kappa shape index (κ3) is 4.64. The molecule has 0 saturated carbocycles. The summed E-state index contributed by atoms with van der Waals surface area (Å²) in [6.45, 7) is 8.26. The van der Waals surface area contributed by atoms with Crippen LogP contribution in [0.5, 0.6) is 5.75 Å². The monoisotopic (exact) mass is 414 g/mol. The van der Waals surface area contributed by atoms with Gasteiger partial charge >= 0.3 is 0 Å². The summed E-state index contributed by atoms with van der Waals surface area (Å²) < 4.78 is 12.6. The summed E-state index contributed by atoms with van der Waals surface area (Å²) >= 11 is 1.33. The second-order valence-electron chi connectivity index (χ2n) is 7.76. The molecule has 0 saturated heterocycles. The van der Waals surface area contributed by atoms with Gasteiger partial charge in [-0.05, 0) is 36.1 Å². The van der Waals surface area contributed by atoms with E-state index < -0.39 is 0 Å². The van der Waals surface area contributed by atoms with Crippen LogP contribution in [0, 0.1) is 6.92 Å². The number of benzene rings is 1. The van der Waals surface area contributed by atoms with E-state index in [9.17, 15) is 4.79 Å². The molecule has 7 nitrogen and oxygen atoms in total. The molecule has 0 unspecified atom stereocenters. The lowest BCUT2D eigenvalue weighted by Crippen LogP contribution is -2.17. The molecule has 0 aliphatic carbocycles. The molecule has 1 aromatic carbocycles. The van der Waals surface area contributed by atoms with Crippen molar-refractivity contribution < 1.29 is 13.9 Å². The van der Waals surface area contributed by atoms with E-state index in [-0.39, 0.29) is 17.1 Å². The Morgan fingerprint density at radius 2 is 2.03 bits per heavy atom. The SMILES string of the molecule is COc1ccc(C(C)(C)C)cc1NC(=O)CSc1nnc(-c2ccoc2C)n1C. The summed E-state index contributed by atoms with van der Waals surface area (Å²) in [5.74, 6) is 2.19. The highest BCUT2D eigenvalue weighted by atomic mass is 32.2. The lowest BCUT2D eigenvalue weighted by Gasteiger charge is -2.21. The Kier molecular flexibility index (Phi) is 6.02. The number of nitrogens with one attached hydrogen (secondary N) is 1. The van der Waals surface area contributed by atoms with E-state index >= 15 is 0 Å². The average molecular weight is 415 g/mol. The summed E-state index contributed by atoms with van der Waals surface area (Å²) in [6, 6.07) is 7.71. The van der Waals surface area contributed by atoms with Crippen LogP contribution in [0.15, 0.2) is 40.1 Å². The van der Waals surface area contributed by atoms with Crippen LogP contribution in [0.1, 0.15) is 32.1 Å². The number of furan rings is 1. The van der Waals surface area contributed by atoms with Crippen LogP contribution < -0.4 is 10.1 Å². The maximum Gasteiger partial charge on any atom is 0.234 e. The Labute approximate surface area is 174 Å². The van der Waals surface area contributed by atoms with Gasteiger partial charge < -0.3 is 19.0 Å². The number of amides is 1. The molecule has 1 N–H and O–H groups in total. The number of carbonyl (C=O) groups is 1. The molecule has 0 radical (unpaired) electrons. The fourth-order valence-electron chi connectivity index (χ4n) is 2.88. The largest absolute Gasteiger partial charge is 0.495 e. The van der Waals surface area contributed by atoms with E-state index in [0.717, 1.165) is 16.9 Å². The van der Waals surface area contributed by atoms with E-state index in [1.807, 2.05) is 42.8 Å². The van der Waals surface area contributed by atoms with Gasteiger partial charge in [0, 0.05) is 7.05 Å². The van der Waals surface area contributed by atoms with Crippen molar-refractivity contribution in [1.82, 2.24) is 14.8 Å². The zero-order valence-corrected chi connectivity index (χ0v) is 18.4. The molecule has 29 heavy (non-hydrogen) atoms. The molecule has 0 bridgehead atoms. The molecule has 8 heteroatoms. The Bertz CT molecular complexity index is 1020. The van der Waals surface area contributed by atoms with E-state index in [0.29, 0.717) is 22.4 Å². The van der Waals surface area contributed by atoms with Gasteiger partial charge in [-0.1, -0.05) is 38.6 Å². The number of hydrogen-bond acceptors (Lipinski definition) is 6. The number of methoxy groups -OCH3 is 1. The second kappa shape index (κ2) is 8.32. The average Bonchev–Trinajstić information content (AvgIpc) is 3.24. The number of anilines is 1. The minimum absolute atomic E-state index is 0.0270. The van der Waals surface area contributed by atoms with Crippen molar-refractivity contribution in [1.29, 1.82) is 0 Å². The summed E-state index contributed by atoms with van der Waals surface area (Å²) in [5, 5.41) is 12.0. The van der Waals surface area contributed by atoms with E-state index in [4.69, 9.17) is 9.15 Å². The number of aromatic nitrogens is 3. The molecule has 2 aromatic heterocycles. The Balaban J connectivity index is 1.70. The molecule has 0 fully saturated rings. The van der Waals surface area contributed by atoms with Gasteiger partial charge in [0.25, 0.3) is 0 Å². The first-order chi connectivity index (χ1) is 13.7. The maximum absolute atomic E-state index is 12.6. The number of ether oxygens (including phenoxy) is 1. The summed E-state index contributed by atoms with van der Waals surface area (Å²) in [6.07, 6.45) is 1.62. The Morgan fingerprint density at radius 3 is 2.66 bits per heavy atom. The first kappa shape index (κ1) is 21.0. The minimum Gasteiger partial charge on any atom is -0.495 e. The maximum atomic E-state index is 12.6. The lowest BCUT2D eigenvalue weighted by atomic mass is 9.87. The van der Waals surface area contributed by atoms with E-state index in [1.165, 1.54) is 11.8 Å². The summed E-state index contributed by atoms with van der Waals surface area (Å²) in [4.78, 5) is 12.6. The highest BCUT2D eigenvalue weighted by Crippen LogP contribution is 2.32. The van der Waals surface area contributed by atoms with Crippen LogP contribution in [-0.4, -0.2) is 33.5 Å².